The maximum absolute atomic E-state index is 4.55. The summed E-state index contributed by atoms with van der Waals surface area (Å²) < 4.78 is 0. The van der Waals surface area contributed by atoms with Crippen LogP contribution in [0.3, 0.4) is 0 Å². The molecule has 4 heteroatoms. The average molecular weight is 248 g/mol. The number of aryl methyl sites for hydroxylation is 1. The van der Waals surface area contributed by atoms with Crippen molar-refractivity contribution in [1.82, 2.24) is 15.3 Å². The molecule has 1 aromatic rings. The van der Waals surface area contributed by atoms with Crippen LogP contribution in [0.4, 0.5) is 5.95 Å². The topological polar surface area (TPSA) is 49.8 Å². The molecule has 2 heterocycles. The van der Waals surface area contributed by atoms with E-state index in [1.165, 1.54) is 19.4 Å². The fraction of sp³-hybridized carbons (Fsp3) is 0.714. The van der Waals surface area contributed by atoms with Gasteiger partial charge in [-0.25, -0.2) is 9.97 Å². The van der Waals surface area contributed by atoms with Crippen LogP contribution >= 0.6 is 0 Å². The van der Waals surface area contributed by atoms with Gasteiger partial charge in [0, 0.05) is 24.0 Å². The van der Waals surface area contributed by atoms with E-state index in [-0.39, 0.29) is 0 Å². The van der Waals surface area contributed by atoms with Gasteiger partial charge in [-0.3, -0.25) is 0 Å². The van der Waals surface area contributed by atoms with Gasteiger partial charge < -0.3 is 10.6 Å². The Hall–Kier alpha value is -1.16. The Bertz CT molecular complexity index is 383. The highest BCUT2D eigenvalue weighted by molar-refractivity contribution is 5.29. The Morgan fingerprint density at radius 3 is 2.94 bits per heavy atom. The quantitative estimate of drug-likeness (QED) is 0.840. The highest BCUT2D eigenvalue weighted by atomic mass is 15.1. The van der Waals surface area contributed by atoms with Gasteiger partial charge in [-0.05, 0) is 44.7 Å². The number of hydrogen-bond acceptors (Lipinski definition) is 4. The van der Waals surface area contributed by atoms with Crippen LogP contribution in [0, 0.1) is 6.92 Å². The van der Waals surface area contributed by atoms with E-state index in [1.54, 1.807) is 0 Å². The normalized spacial score (nSPS) is 19.4. The molecule has 18 heavy (non-hydrogen) atoms. The van der Waals surface area contributed by atoms with Gasteiger partial charge in [-0.1, -0.05) is 13.8 Å². The summed E-state index contributed by atoms with van der Waals surface area (Å²) in [6.07, 6.45) is 3.75. The minimum Gasteiger partial charge on any atom is -0.354 e. The Labute approximate surface area is 110 Å². The Balaban J connectivity index is 1.88. The van der Waals surface area contributed by atoms with Crippen molar-refractivity contribution in [3.8, 4) is 0 Å². The summed E-state index contributed by atoms with van der Waals surface area (Å²) in [4.78, 5) is 8.99. The summed E-state index contributed by atoms with van der Waals surface area (Å²) in [7, 11) is 0. The molecule has 0 aliphatic carbocycles. The monoisotopic (exact) mass is 248 g/mol. The molecule has 1 aliphatic rings. The first kappa shape index (κ1) is 13.3. The van der Waals surface area contributed by atoms with Gasteiger partial charge in [-0.2, -0.15) is 0 Å². The van der Waals surface area contributed by atoms with Crippen molar-refractivity contribution in [1.29, 1.82) is 0 Å². The highest BCUT2D eigenvalue weighted by Crippen LogP contribution is 2.15. The van der Waals surface area contributed by atoms with Crippen molar-refractivity contribution in [2.24, 2.45) is 0 Å². The van der Waals surface area contributed by atoms with E-state index in [2.05, 4.69) is 40.5 Å². The second-order valence-electron chi connectivity index (χ2n) is 5.42. The van der Waals surface area contributed by atoms with Crippen LogP contribution in [-0.2, 0) is 0 Å². The predicted molar refractivity (Wildman–Crippen MR) is 75.0 cm³/mol. The van der Waals surface area contributed by atoms with Crippen LogP contribution in [0.25, 0.3) is 0 Å². The van der Waals surface area contributed by atoms with Gasteiger partial charge in [-0.15, -0.1) is 0 Å². The molecule has 1 fully saturated rings. The lowest BCUT2D eigenvalue weighted by Crippen LogP contribution is -2.24. The molecule has 0 aromatic carbocycles. The van der Waals surface area contributed by atoms with Crippen LogP contribution in [0.5, 0.6) is 0 Å². The molecule has 1 atom stereocenters. The van der Waals surface area contributed by atoms with Crippen molar-refractivity contribution in [2.75, 3.05) is 18.4 Å². The Kier molecular flexibility index (Phi) is 4.53. The largest absolute Gasteiger partial charge is 0.354 e. The van der Waals surface area contributed by atoms with E-state index in [1.807, 2.05) is 6.92 Å². The van der Waals surface area contributed by atoms with E-state index < -0.39 is 0 Å². The smallest absolute Gasteiger partial charge is 0.223 e. The molecule has 1 aromatic heterocycles. The van der Waals surface area contributed by atoms with Gasteiger partial charge in [0.05, 0.1) is 0 Å². The molecular formula is C14H24N4. The predicted octanol–water partition coefficient (Wildman–Crippen LogP) is 2.46. The molecule has 0 spiro atoms. The van der Waals surface area contributed by atoms with Crippen molar-refractivity contribution < 1.29 is 0 Å². The highest BCUT2D eigenvalue weighted by Gasteiger charge is 2.13. The lowest BCUT2D eigenvalue weighted by molar-refractivity contribution is 0.573. The fourth-order valence-corrected chi connectivity index (χ4v) is 2.33. The van der Waals surface area contributed by atoms with Crippen LogP contribution < -0.4 is 10.6 Å². The van der Waals surface area contributed by atoms with Gasteiger partial charge in [0.1, 0.15) is 0 Å². The van der Waals surface area contributed by atoms with E-state index in [4.69, 9.17) is 0 Å². The first-order valence-electron chi connectivity index (χ1n) is 6.98. The molecule has 100 valence electrons. The van der Waals surface area contributed by atoms with Gasteiger partial charge in [0.25, 0.3) is 0 Å². The summed E-state index contributed by atoms with van der Waals surface area (Å²) in [5, 5.41) is 6.85. The van der Waals surface area contributed by atoms with Crippen molar-refractivity contribution in [3.05, 3.63) is 17.5 Å². The molecule has 1 saturated heterocycles. The Morgan fingerprint density at radius 1 is 1.44 bits per heavy atom. The van der Waals surface area contributed by atoms with Crippen LogP contribution in [0.2, 0.25) is 0 Å². The first-order chi connectivity index (χ1) is 8.65. The number of hydrogen-bond donors (Lipinski definition) is 2. The standard InChI is InChI=1S/C14H24N4/c1-10(2)13-9-11(3)17-14(18-13)16-8-6-12-5-4-7-15-12/h9-10,12,15H,4-8H2,1-3H3,(H,16,17,18). The zero-order valence-corrected chi connectivity index (χ0v) is 11.7. The SMILES string of the molecule is Cc1cc(C(C)C)nc(NCCC2CCCN2)n1. The van der Waals surface area contributed by atoms with Gasteiger partial charge >= 0.3 is 0 Å². The second-order valence-corrected chi connectivity index (χ2v) is 5.42. The minimum atomic E-state index is 0.448. The number of anilines is 1. The number of rotatable bonds is 5. The van der Waals surface area contributed by atoms with E-state index in [0.717, 1.165) is 30.3 Å². The van der Waals surface area contributed by atoms with E-state index in [9.17, 15) is 0 Å². The summed E-state index contributed by atoms with van der Waals surface area (Å²) >= 11 is 0. The number of nitrogens with zero attached hydrogens (tertiary/aromatic N) is 2. The second kappa shape index (κ2) is 6.14. The summed E-state index contributed by atoms with van der Waals surface area (Å²) in [5.74, 6) is 1.22. The third kappa shape index (κ3) is 3.67. The molecule has 0 saturated carbocycles. The first-order valence-corrected chi connectivity index (χ1v) is 6.98. The number of nitrogens with one attached hydrogen (secondary N) is 2. The van der Waals surface area contributed by atoms with Crippen molar-refractivity contribution >= 4 is 5.95 Å². The van der Waals surface area contributed by atoms with Gasteiger partial charge in [0.2, 0.25) is 5.95 Å². The third-order valence-corrected chi connectivity index (χ3v) is 3.40. The summed E-state index contributed by atoms with van der Waals surface area (Å²) in [5.41, 5.74) is 2.15. The molecular weight excluding hydrogens is 224 g/mol. The lowest BCUT2D eigenvalue weighted by Gasteiger charge is -2.12. The minimum absolute atomic E-state index is 0.448. The number of aromatic nitrogens is 2. The zero-order chi connectivity index (χ0) is 13.0. The lowest BCUT2D eigenvalue weighted by atomic mass is 10.1. The zero-order valence-electron chi connectivity index (χ0n) is 11.7. The molecule has 1 unspecified atom stereocenters. The Morgan fingerprint density at radius 2 is 2.28 bits per heavy atom. The van der Waals surface area contributed by atoms with Crippen LogP contribution in [0.15, 0.2) is 6.07 Å². The molecule has 1 aliphatic heterocycles. The summed E-state index contributed by atoms with van der Waals surface area (Å²) in [6, 6.07) is 2.74. The maximum atomic E-state index is 4.55. The van der Waals surface area contributed by atoms with Crippen LogP contribution in [-0.4, -0.2) is 29.1 Å². The molecule has 0 radical (unpaired) electrons. The van der Waals surface area contributed by atoms with Crippen LogP contribution in [0.1, 0.15) is 50.4 Å². The fourth-order valence-electron chi connectivity index (χ4n) is 2.33. The average Bonchev–Trinajstić information content (AvgIpc) is 2.81. The molecule has 0 bridgehead atoms. The molecule has 2 rings (SSSR count). The molecule has 2 N–H and O–H groups in total. The maximum Gasteiger partial charge on any atom is 0.223 e. The van der Waals surface area contributed by atoms with E-state index >= 15 is 0 Å². The molecule has 4 nitrogen and oxygen atoms in total. The van der Waals surface area contributed by atoms with E-state index in [0.29, 0.717) is 12.0 Å². The summed E-state index contributed by atoms with van der Waals surface area (Å²) in [6.45, 7) is 8.46. The third-order valence-electron chi connectivity index (χ3n) is 3.40. The molecule has 0 amide bonds. The van der Waals surface area contributed by atoms with Gasteiger partial charge in [0.15, 0.2) is 0 Å². The van der Waals surface area contributed by atoms with Crippen molar-refractivity contribution in [3.63, 3.8) is 0 Å². The van der Waals surface area contributed by atoms with Crippen molar-refractivity contribution in [2.45, 2.75) is 52.0 Å².